The van der Waals surface area contributed by atoms with Gasteiger partial charge in [-0.3, -0.25) is 4.79 Å². The van der Waals surface area contributed by atoms with Crippen LogP contribution < -0.4 is 5.32 Å². The van der Waals surface area contributed by atoms with Crippen molar-refractivity contribution in [1.29, 1.82) is 0 Å². The number of alkyl halides is 3. The normalized spacial score (nSPS) is 21.6. The summed E-state index contributed by atoms with van der Waals surface area (Å²) in [6, 6.07) is 7.28. The molecule has 0 radical (unpaired) electrons. The van der Waals surface area contributed by atoms with Crippen LogP contribution in [0, 0.1) is 5.92 Å². The molecule has 1 aromatic carbocycles. The number of rotatable bonds is 6. The Morgan fingerprint density at radius 3 is 2.56 bits per heavy atom. The average Bonchev–Trinajstić information content (AvgIpc) is 2.59. The van der Waals surface area contributed by atoms with Crippen LogP contribution >= 0.6 is 0 Å². The van der Waals surface area contributed by atoms with E-state index in [4.69, 9.17) is 5.11 Å². The van der Waals surface area contributed by atoms with Crippen molar-refractivity contribution < 1.29 is 27.9 Å². The lowest BCUT2D eigenvalue weighted by Gasteiger charge is -2.40. The number of carboxylic acid groups (broad SMARTS) is 1. The lowest BCUT2D eigenvalue weighted by molar-refractivity contribution is -0.195. The highest BCUT2D eigenvalue weighted by molar-refractivity contribution is 5.75. The number of carbonyl (C=O) groups excluding carboxylic acids is 1. The molecule has 1 saturated heterocycles. The molecule has 1 fully saturated rings. The Kier molecular flexibility index (Phi) is 7.10. The molecule has 2 rings (SSSR count). The first-order valence-corrected chi connectivity index (χ1v) is 9.08. The molecular formula is C19H25F3N2O3. The number of hydrogen-bond donors (Lipinski definition) is 2. The minimum atomic E-state index is -4.34. The van der Waals surface area contributed by atoms with Crippen LogP contribution in [0.25, 0.3) is 0 Å². The molecule has 3 unspecified atom stereocenters. The smallest absolute Gasteiger partial charge is 0.393 e. The third-order valence-corrected chi connectivity index (χ3v) is 5.03. The number of likely N-dealkylation sites (tertiary alicyclic amines) is 1. The van der Waals surface area contributed by atoms with Gasteiger partial charge in [0.05, 0.1) is 5.92 Å². The topological polar surface area (TPSA) is 69.6 Å². The molecule has 2 N–H and O–H groups in total. The highest BCUT2D eigenvalue weighted by Gasteiger charge is 2.47. The van der Waals surface area contributed by atoms with Crippen molar-refractivity contribution in [2.24, 2.45) is 5.92 Å². The van der Waals surface area contributed by atoms with E-state index in [1.807, 2.05) is 30.3 Å². The van der Waals surface area contributed by atoms with Crippen LogP contribution in [-0.2, 0) is 11.2 Å². The first-order chi connectivity index (χ1) is 12.7. The molecule has 1 aromatic rings. The van der Waals surface area contributed by atoms with Gasteiger partial charge in [0.2, 0.25) is 0 Å². The van der Waals surface area contributed by atoms with Gasteiger partial charge in [-0.1, -0.05) is 30.3 Å². The number of nitrogens with zero attached hydrogens (tertiary/aromatic N) is 1. The van der Waals surface area contributed by atoms with Crippen molar-refractivity contribution in [3.63, 3.8) is 0 Å². The standard InChI is InChI=1S/C19H25F3N2O3/c1-13-16(19(20,21)22)8-5-11-24(13)18(27)23-15(9-10-17(25)26)12-14-6-3-2-4-7-14/h2-4,6-7,13,15-16H,5,8-12H2,1H3,(H,23,27)(H,25,26). The maximum atomic E-state index is 13.2. The maximum Gasteiger partial charge on any atom is 0.393 e. The molecule has 8 heteroatoms. The molecule has 0 spiro atoms. The van der Waals surface area contributed by atoms with Gasteiger partial charge in [-0.25, -0.2) is 4.79 Å². The SMILES string of the molecule is CC1C(C(F)(F)F)CCCN1C(=O)NC(CCC(=O)O)Cc1ccccc1. The van der Waals surface area contributed by atoms with Gasteiger partial charge >= 0.3 is 18.2 Å². The van der Waals surface area contributed by atoms with Gasteiger partial charge in [0.1, 0.15) is 0 Å². The van der Waals surface area contributed by atoms with Crippen LogP contribution in [-0.4, -0.2) is 46.8 Å². The Balaban J connectivity index is 2.06. The van der Waals surface area contributed by atoms with Crippen molar-refractivity contribution in [3.8, 4) is 0 Å². The highest BCUT2D eigenvalue weighted by atomic mass is 19.4. The fraction of sp³-hybridized carbons (Fsp3) is 0.579. The van der Waals surface area contributed by atoms with Crippen molar-refractivity contribution in [3.05, 3.63) is 35.9 Å². The summed E-state index contributed by atoms with van der Waals surface area (Å²) in [6.45, 7) is 1.68. The van der Waals surface area contributed by atoms with Crippen molar-refractivity contribution in [1.82, 2.24) is 10.2 Å². The summed E-state index contributed by atoms with van der Waals surface area (Å²) in [5, 5.41) is 11.7. The molecule has 0 saturated carbocycles. The van der Waals surface area contributed by atoms with E-state index in [9.17, 15) is 22.8 Å². The average molecular weight is 386 g/mol. The maximum absolute atomic E-state index is 13.2. The van der Waals surface area contributed by atoms with Gasteiger partial charge in [-0.05, 0) is 38.2 Å². The molecule has 0 aliphatic carbocycles. The van der Waals surface area contributed by atoms with E-state index >= 15 is 0 Å². The van der Waals surface area contributed by atoms with E-state index in [0.717, 1.165) is 5.56 Å². The number of aliphatic carboxylic acids is 1. The number of amides is 2. The first kappa shape index (κ1) is 21.1. The Hall–Kier alpha value is -2.25. The van der Waals surface area contributed by atoms with Gasteiger partial charge in [0.15, 0.2) is 0 Å². The summed E-state index contributed by atoms with van der Waals surface area (Å²) in [4.78, 5) is 24.7. The van der Waals surface area contributed by atoms with Crippen LogP contribution in [0.15, 0.2) is 30.3 Å². The zero-order valence-corrected chi connectivity index (χ0v) is 15.2. The van der Waals surface area contributed by atoms with Crippen LogP contribution in [0.3, 0.4) is 0 Å². The molecular weight excluding hydrogens is 361 g/mol. The van der Waals surface area contributed by atoms with Gasteiger partial charge in [-0.15, -0.1) is 0 Å². The second-order valence-corrected chi connectivity index (χ2v) is 6.99. The third kappa shape index (κ3) is 6.15. The van der Waals surface area contributed by atoms with Crippen LogP contribution in [0.5, 0.6) is 0 Å². The minimum Gasteiger partial charge on any atom is -0.481 e. The third-order valence-electron chi connectivity index (χ3n) is 5.03. The molecule has 5 nitrogen and oxygen atoms in total. The quantitative estimate of drug-likeness (QED) is 0.781. The van der Waals surface area contributed by atoms with Gasteiger partial charge in [0, 0.05) is 25.0 Å². The lowest BCUT2D eigenvalue weighted by Crippen LogP contribution is -2.55. The summed E-state index contributed by atoms with van der Waals surface area (Å²) in [5.41, 5.74) is 0.924. The molecule has 27 heavy (non-hydrogen) atoms. The Labute approximate surface area is 156 Å². The van der Waals surface area contributed by atoms with Crippen molar-refractivity contribution >= 4 is 12.0 Å². The number of urea groups is 1. The lowest BCUT2D eigenvalue weighted by atomic mass is 9.90. The fourth-order valence-electron chi connectivity index (χ4n) is 3.55. The molecule has 0 bridgehead atoms. The van der Waals surface area contributed by atoms with Crippen molar-refractivity contribution in [2.75, 3.05) is 6.54 Å². The number of nitrogens with one attached hydrogen (secondary N) is 1. The second-order valence-electron chi connectivity index (χ2n) is 6.99. The zero-order chi connectivity index (χ0) is 20.0. The van der Waals surface area contributed by atoms with E-state index in [0.29, 0.717) is 12.8 Å². The highest BCUT2D eigenvalue weighted by Crippen LogP contribution is 2.37. The Morgan fingerprint density at radius 1 is 1.30 bits per heavy atom. The number of carboxylic acids is 1. The zero-order valence-electron chi connectivity index (χ0n) is 15.2. The largest absolute Gasteiger partial charge is 0.481 e. The van der Waals surface area contributed by atoms with Gasteiger partial charge in [-0.2, -0.15) is 13.2 Å². The number of benzene rings is 1. The van der Waals surface area contributed by atoms with E-state index in [1.54, 1.807) is 0 Å². The van der Waals surface area contributed by atoms with E-state index in [-0.39, 0.29) is 25.8 Å². The van der Waals surface area contributed by atoms with Crippen LogP contribution in [0.1, 0.15) is 38.2 Å². The molecule has 1 aliphatic rings. The number of hydrogen-bond acceptors (Lipinski definition) is 2. The summed E-state index contributed by atoms with van der Waals surface area (Å²) >= 11 is 0. The number of piperidine rings is 1. The van der Waals surface area contributed by atoms with Crippen LogP contribution in [0.2, 0.25) is 0 Å². The van der Waals surface area contributed by atoms with Crippen molar-refractivity contribution in [2.45, 2.75) is 57.3 Å². The second kappa shape index (κ2) is 9.10. The van der Waals surface area contributed by atoms with Gasteiger partial charge < -0.3 is 15.3 Å². The van der Waals surface area contributed by atoms with E-state index in [2.05, 4.69) is 5.32 Å². The predicted octanol–water partition coefficient (Wildman–Crippen LogP) is 3.83. The molecule has 1 aliphatic heterocycles. The summed E-state index contributed by atoms with van der Waals surface area (Å²) in [6.07, 6.45) is -3.53. The summed E-state index contributed by atoms with van der Waals surface area (Å²) < 4.78 is 39.5. The Morgan fingerprint density at radius 2 is 1.96 bits per heavy atom. The molecule has 150 valence electrons. The fourth-order valence-corrected chi connectivity index (χ4v) is 3.55. The minimum absolute atomic E-state index is 0.0148. The monoisotopic (exact) mass is 386 g/mol. The number of halogens is 3. The van der Waals surface area contributed by atoms with E-state index in [1.165, 1.54) is 11.8 Å². The summed E-state index contributed by atoms with van der Waals surface area (Å²) in [7, 11) is 0. The van der Waals surface area contributed by atoms with Gasteiger partial charge in [0.25, 0.3) is 0 Å². The molecule has 0 aromatic heterocycles. The summed E-state index contributed by atoms with van der Waals surface area (Å²) in [5.74, 6) is -2.52. The molecule has 2 amide bonds. The van der Waals surface area contributed by atoms with Crippen LogP contribution in [0.4, 0.5) is 18.0 Å². The molecule has 3 atom stereocenters. The first-order valence-electron chi connectivity index (χ1n) is 9.08. The predicted molar refractivity (Wildman–Crippen MR) is 94.3 cm³/mol. The van der Waals surface area contributed by atoms with E-state index < -0.39 is 36.2 Å². The molecule has 1 heterocycles. The Bertz CT molecular complexity index is 637. The number of carbonyl (C=O) groups is 2.